The molecule has 5 atom stereocenters. The lowest BCUT2D eigenvalue weighted by molar-refractivity contribution is -0.149. The summed E-state index contributed by atoms with van der Waals surface area (Å²) >= 11 is 0. The Balaban J connectivity index is 1.65. The maximum absolute atomic E-state index is 12.4. The first-order valence-electron chi connectivity index (χ1n) is 7.54. The summed E-state index contributed by atoms with van der Waals surface area (Å²) in [5, 5.41) is 12.4. The van der Waals surface area contributed by atoms with Crippen molar-refractivity contribution in [3.63, 3.8) is 0 Å². The zero-order valence-corrected chi connectivity index (χ0v) is 11.5. The molecule has 0 aliphatic heterocycles. The molecule has 4 nitrogen and oxygen atoms in total. The number of carboxylic acids is 1. The molecule has 4 heteroatoms. The first-order valence-corrected chi connectivity index (χ1v) is 7.54. The van der Waals surface area contributed by atoms with Gasteiger partial charge in [-0.1, -0.05) is 12.8 Å². The van der Waals surface area contributed by atoms with Crippen LogP contribution in [0.15, 0.2) is 0 Å². The number of carbonyl (C=O) groups excluding carboxylic acids is 1. The van der Waals surface area contributed by atoms with Crippen LogP contribution in [0.25, 0.3) is 0 Å². The summed E-state index contributed by atoms with van der Waals surface area (Å²) in [7, 11) is 0. The van der Waals surface area contributed by atoms with Crippen molar-refractivity contribution in [1.29, 1.82) is 0 Å². The predicted molar refractivity (Wildman–Crippen MR) is 70.5 cm³/mol. The molecule has 1 amide bonds. The molecule has 2 N–H and O–H groups in total. The summed E-state index contributed by atoms with van der Waals surface area (Å²) in [4.78, 5) is 23.8. The maximum Gasteiger partial charge on any atom is 0.311 e. The van der Waals surface area contributed by atoms with Crippen LogP contribution < -0.4 is 5.32 Å². The molecule has 3 aliphatic rings. The molecule has 3 rings (SSSR count). The molecule has 0 aromatic carbocycles. The molecular formula is C15H23NO3. The number of nitrogens with one attached hydrogen (secondary N) is 1. The lowest BCUT2D eigenvalue weighted by atomic mass is 9.83. The van der Waals surface area contributed by atoms with Crippen LogP contribution in [0.4, 0.5) is 0 Å². The molecule has 0 spiro atoms. The van der Waals surface area contributed by atoms with Gasteiger partial charge in [0.2, 0.25) is 5.91 Å². The Bertz CT molecular complexity index is 408. The van der Waals surface area contributed by atoms with Crippen LogP contribution in [0, 0.1) is 23.2 Å². The SMILES string of the molecule is CC1(C(=O)O)CCCC1NC(=O)C1CC2CCC1C2. The van der Waals surface area contributed by atoms with Crippen LogP contribution in [-0.4, -0.2) is 23.0 Å². The van der Waals surface area contributed by atoms with Crippen molar-refractivity contribution in [3.8, 4) is 0 Å². The largest absolute Gasteiger partial charge is 0.481 e. The Morgan fingerprint density at radius 1 is 1.21 bits per heavy atom. The van der Waals surface area contributed by atoms with Gasteiger partial charge in [-0.3, -0.25) is 9.59 Å². The minimum atomic E-state index is -0.775. The molecule has 3 fully saturated rings. The summed E-state index contributed by atoms with van der Waals surface area (Å²) in [6, 6.07) is -0.184. The number of carboxylic acid groups (broad SMARTS) is 1. The van der Waals surface area contributed by atoms with E-state index < -0.39 is 11.4 Å². The number of rotatable bonds is 3. The zero-order valence-electron chi connectivity index (χ0n) is 11.5. The van der Waals surface area contributed by atoms with E-state index in [-0.39, 0.29) is 17.9 Å². The van der Waals surface area contributed by atoms with Gasteiger partial charge in [0.15, 0.2) is 0 Å². The van der Waals surface area contributed by atoms with Crippen LogP contribution >= 0.6 is 0 Å². The summed E-state index contributed by atoms with van der Waals surface area (Å²) in [5.74, 6) is 0.796. The van der Waals surface area contributed by atoms with Crippen molar-refractivity contribution >= 4 is 11.9 Å². The van der Waals surface area contributed by atoms with Gasteiger partial charge < -0.3 is 10.4 Å². The monoisotopic (exact) mass is 265 g/mol. The second-order valence-electron chi connectivity index (χ2n) is 6.96. The molecule has 5 unspecified atom stereocenters. The molecule has 2 bridgehead atoms. The van der Waals surface area contributed by atoms with Gasteiger partial charge in [0.25, 0.3) is 0 Å². The van der Waals surface area contributed by atoms with E-state index in [4.69, 9.17) is 0 Å². The number of amides is 1. The van der Waals surface area contributed by atoms with Gasteiger partial charge in [-0.2, -0.15) is 0 Å². The number of fused-ring (bicyclic) bond motifs is 2. The van der Waals surface area contributed by atoms with Gasteiger partial charge in [0, 0.05) is 12.0 Å². The van der Waals surface area contributed by atoms with Crippen molar-refractivity contribution in [2.24, 2.45) is 23.2 Å². The van der Waals surface area contributed by atoms with Crippen LogP contribution in [0.2, 0.25) is 0 Å². The lowest BCUT2D eigenvalue weighted by Gasteiger charge is -2.30. The molecule has 19 heavy (non-hydrogen) atoms. The Kier molecular flexibility index (Phi) is 3.06. The molecule has 3 aliphatic carbocycles. The van der Waals surface area contributed by atoms with E-state index in [1.165, 1.54) is 19.3 Å². The van der Waals surface area contributed by atoms with E-state index in [2.05, 4.69) is 5.32 Å². The third-order valence-electron chi connectivity index (χ3n) is 5.84. The molecule has 0 saturated heterocycles. The molecule has 0 aromatic heterocycles. The predicted octanol–water partition coefficient (Wildman–Crippen LogP) is 2.18. The van der Waals surface area contributed by atoms with Crippen LogP contribution in [0.1, 0.15) is 51.9 Å². The molecular weight excluding hydrogens is 242 g/mol. The highest BCUT2D eigenvalue weighted by Gasteiger charge is 2.48. The minimum Gasteiger partial charge on any atom is -0.481 e. The third-order valence-corrected chi connectivity index (χ3v) is 5.84. The molecule has 0 heterocycles. The standard InChI is InChI=1S/C15H23NO3/c1-15(14(18)19)6-2-3-12(15)16-13(17)11-8-9-4-5-10(11)7-9/h9-12H,2-8H2,1H3,(H,16,17)(H,18,19). The second kappa shape index (κ2) is 4.50. The Labute approximate surface area is 113 Å². The number of hydrogen-bond donors (Lipinski definition) is 2. The van der Waals surface area contributed by atoms with E-state index in [0.29, 0.717) is 12.3 Å². The van der Waals surface area contributed by atoms with Crippen LogP contribution in [-0.2, 0) is 9.59 Å². The first kappa shape index (κ1) is 12.9. The number of hydrogen-bond acceptors (Lipinski definition) is 2. The first-order chi connectivity index (χ1) is 9.00. The van der Waals surface area contributed by atoms with E-state index in [0.717, 1.165) is 25.2 Å². The van der Waals surface area contributed by atoms with Crippen molar-refractivity contribution in [2.75, 3.05) is 0 Å². The fourth-order valence-corrected chi connectivity index (χ4v) is 4.50. The Morgan fingerprint density at radius 2 is 2.00 bits per heavy atom. The van der Waals surface area contributed by atoms with E-state index >= 15 is 0 Å². The van der Waals surface area contributed by atoms with Crippen molar-refractivity contribution < 1.29 is 14.7 Å². The zero-order chi connectivity index (χ0) is 13.6. The summed E-state index contributed by atoms with van der Waals surface area (Å²) in [6.45, 7) is 1.77. The van der Waals surface area contributed by atoms with Gasteiger partial charge in [-0.15, -0.1) is 0 Å². The van der Waals surface area contributed by atoms with Gasteiger partial charge in [0.1, 0.15) is 0 Å². The fraction of sp³-hybridized carbons (Fsp3) is 0.867. The lowest BCUT2D eigenvalue weighted by Crippen LogP contribution is -2.49. The van der Waals surface area contributed by atoms with Crippen LogP contribution in [0.3, 0.4) is 0 Å². The van der Waals surface area contributed by atoms with E-state index in [1.54, 1.807) is 6.92 Å². The Morgan fingerprint density at radius 3 is 2.58 bits per heavy atom. The highest BCUT2D eigenvalue weighted by molar-refractivity contribution is 5.82. The van der Waals surface area contributed by atoms with Gasteiger partial charge in [-0.05, 0) is 50.9 Å². The summed E-state index contributed by atoms with van der Waals surface area (Å²) < 4.78 is 0. The Hall–Kier alpha value is -1.06. The minimum absolute atomic E-state index is 0.117. The second-order valence-corrected chi connectivity index (χ2v) is 6.96. The topological polar surface area (TPSA) is 66.4 Å². The van der Waals surface area contributed by atoms with Gasteiger partial charge in [0.05, 0.1) is 5.41 Å². The summed E-state index contributed by atoms with van der Waals surface area (Å²) in [6.07, 6.45) is 7.06. The highest BCUT2D eigenvalue weighted by atomic mass is 16.4. The van der Waals surface area contributed by atoms with E-state index in [1.807, 2.05) is 0 Å². The van der Waals surface area contributed by atoms with E-state index in [9.17, 15) is 14.7 Å². The maximum atomic E-state index is 12.4. The van der Waals surface area contributed by atoms with Crippen molar-refractivity contribution in [3.05, 3.63) is 0 Å². The smallest absolute Gasteiger partial charge is 0.311 e. The molecule has 0 radical (unpaired) electrons. The third kappa shape index (κ3) is 2.05. The fourth-order valence-electron chi connectivity index (χ4n) is 4.50. The highest BCUT2D eigenvalue weighted by Crippen LogP contribution is 2.48. The van der Waals surface area contributed by atoms with Crippen molar-refractivity contribution in [2.45, 2.75) is 57.9 Å². The quantitative estimate of drug-likeness (QED) is 0.822. The van der Waals surface area contributed by atoms with Gasteiger partial charge in [-0.25, -0.2) is 0 Å². The van der Waals surface area contributed by atoms with Crippen LogP contribution in [0.5, 0.6) is 0 Å². The number of aliphatic carboxylic acids is 1. The summed E-state index contributed by atoms with van der Waals surface area (Å²) in [5.41, 5.74) is -0.771. The normalized spacial score (nSPS) is 44.5. The molecule has 0 aromatic rings. The molecule has 3 saturated carbocycles. The average molecular weight is 265 g/mol. The molecule has 106 valence electrons. The number of carbonyl (C=O) groups is 2. The van der Waals surface area contributed by atoms with Gasteiger partial charge >= 0.3 is 5.97 Å². The average Bonchev–Trinajstić information content (AvgIpc) is 3.05. The van der Waals surface area contributed by atoms with Crippen molar-refractivity contribution in [1.82, 2.24) is 5.32 Å².